The Morgan fingerprint density at radius 3 is 2.89 bits per heavy atom. The molecule has 0 aliphatic heterocycles. The smallest absolute Gasteiger partial charge is 0.0864 e. The van der Waals surface area contributed by atoms with Gasteiger partial charge in [0.15, 0.2) is 0 Å². The fourth-order valence-electron chi connectivity index (χ4n) is 1.61. The molecular formula is C13H18ClNO2S. The number of hydrogen-bond donors (Lipinski definition) is 3. The van der Waals surface area contributed by atoms with Crippen molar-refractivity contribution in [2.75, 3.05) is 12.4 Å². The summed E-state index contributed by atoms with van der Waals surface area (Å²) in [5.74, 6) is 0.495. The van der Waals surface area contributed by atoms with Gasteiger partial charge < -0.3 is 15.5 Å². The van der Waals surface area contributed by atoms with E-state index in [1.165, 1.54) is 12.8 Å². The van der Waals surface area contributed by atoms with Crippen LogP contribution in [0.25, 0.3) is 0 Å². The van der Waals surface area contributed by atoms with E-state index in [0.29, 0.717) is 11.8 Å². The highest BCUT2D eigenvalue weighted by molar-refractivity contribution is 7.99. The second kappa shape index (κ2) is 6.78. The molecule has 0 saturated heterocycles. The van der Waals surface area contributed by atoms with Crippen molar-refractivity contribution in [2.24, 2.45) is 0 Å². The van der Waals surface area contributed by atoms with Gasteiger partial charge in [0.25, 0.3) is 0 Å². The molecule has 1 atom stereocenters. The van der Waals surface area contributed by atoms with Crippen LogP contribution in [0.15, 0.2) is 23.1 Å². The maximum absolute atomic E-state index is 9.38. The van der Waals surface area contributed by atoms with Gasteiger partial charge in [-0.05, 0) is 36.6 Å². The third kappa shape index (κ3) is 4.44. The molecule has 3 N–H and O–H groups in total. The summed E-state index contributed by atoms with van der Waals surface area (Å²) in [5.41, 5.74) is 1.16. The molecule has 1 aliphatic carbocycles. The standard InChI is InChI=1S/C13H18ClNO2S/c14-10-1-4-13(18-8-12(17)7-16)9(5-10)6-15-11-2-3-11/h1,4-5,11-12,15-17H,2-3,6-8H2. The number of rotatable bonds is 7. The topological polar surface area (TPSA) is 52.5 Å². The van der Waals surface area contributed by atoms with E-state index in [4.69, 9.17) is 16.7 Å². The van der Waals surface area contributed by atoms with Crippen LogP contribution in [0, 0.1) is 0 Å². The van der Waals surface area contributed by atoms with Gasteiger partial charge in [-0.2, -0.15) is 0 Å². The predicted molar refractivity (Wildman–Crippen MR) is 75.1 cm³/mol. The molecule has 0 spiro atoms. The minimum absolute atomic E-state index is 0.198. The summed E-state index contributed by atoms with van der Waals surface area (Å²) >= 11 is 7.56. The molecule has 1 aliphatic rings. The Balaban J connectivity index is 1.97. The Bertz CT molecular complexity index is 399. The monoisotopic (exact) mass is 287 g/mol. The molecule has 100 valence electrons. The average molecular weight is 288 g/mol. The number of aliphatic hydroxyl groups excluding tert-OH is 2. The highest BCUT2D eigenvalue weighted by Gasteiger charge is 2.20. The molecule has 0 amide bonds. The van der Waals surface area contributed by atoms with Crippen LogP contribution < -0.4 is 5.32 Å². The van der Waals surface area contributed by atoms with E-state index in [9.17, 15) is 5.11 Å². The largest absolute Gasteiger partial charge is 0.394 e. The molecule has 18 heavy (non-hydrogen) atoms. The number of benzene rings is 1. The van der Waals surface area contributed by atoms with Gasteiger partial charge in [-0.3, -0.25) is 0 Å². The van der Waals surface area contributed by atoms with E-state index in [1.54, 1.807) is 11.8 Å². The SMILES string of the molecule is OCC(O)CSc1ccc(Cl)cc1CNC1CC1. The number of nitrogens with one attached hydrogen (secondary N) is 1. The van der Waals surface area contributed by atoms with Crippen LogP contribution in [0.2, 0.25) is 5.02 Å². The first-order valence-corrected chi connectivity index (χ1v) is 7.49. The molecule has 0 aromatic heterocycles. The number of aliphatic hydroxyl groups is 2. The third-order valence-electron chi connectivity index (χ3n) is 2.82. The lowest BCUT2D eigenvalue weighted by atomic mass is 10.2. The summed E-state index contributed by atoms with van der Waals surface area (Å²) in [5, 5.41) is 22.4. The van der Waals surface area contributed by atoms with Gasteiger partial charge in [-0.15, -0.1) is 11.8 Å². The Morgan fingerprint density at radius 1 is 1.44 bits per heavy atom. The van der Waals surface area contributed by atoms with Crippen LogP contribution in [0.5, 0.6) is 0 Å². The van der Waals surface area contributed by atoms with E-state index < -0.39 is 6.10 Å². The lowest BCUT2D eigenvalue weighted by Crippen LogP contribution is -2.17. The zero-order valence-corrected chi connectivity index (χ0v) is 11.7. The van der Waals surface area contributed by atoms with Crippen molar-refractivity contribution in [3.8, 4) is 0 Å². The van der Waals surface area contributed by atoms with Crippen molar-refractivity contribution in [1.82, 2.24) is 5.32 Å². The van der Waals surface area contributed by atoms with Crippen LogP contribution in [0.4, 0.5) is 0 Å². The minimum atomic E-state index is -0.671. The average Bonchev–Trinajstić information content (AvgIpc) is 3.18. The fourth-order valence-corrected chi connectivity index (χ4v) is 2.76. The van der Waals surface area contributed by atoms with Gasteiger partial charge in [0.2, 0.25) is 0 Å². The molecule has 0 heterocycles. The van der Waals surface area contributed by atoms with Crippen molar-refractivity contribution in [3.63, 3.8) is 0 Å². The van der Waals surface area contributed by atoms with Crippen LogP contribution in [0.3, 0.4) is 0 Å². The Kier molecular flexibility index (Phi) is 5.33. The molecule has 1 fully saturated rings. The lowest BCUT2D eigenvalue weighted by Gasteiger charge is -2.12. The molecular weight excluding hydrogens is 270 g/mol. The van der Waals surface area contributed by atoms with E-state index in [1.807, 2.05) is 18.2 Å². The second-order valence-electron chi connectivity index (χ2n) is 4.55. The molecule has 1 aromatic carbocycles. The van der Waals surface area contributed by atoms with Gasteiger partial charge in [0.1, 0.15) is 0 Å². The minimum Gasteiger partial charge on any atom is -0.394 e. The van der Waals surface area contributed by atoms with E-state index in [0.717, 1.165) is 22.0 Å². The summed E-state index contributed by atoms with van der Waals surface area (Å²) in [6, 6.07) is 6.45. The first-order chi connectivity index (χ1) is 8.69. The Labute approximate surface area is 117 Å². The van der Waals surface area contributed by atoms with Crippen LogP contribution >= 0.6 is 23.4 Å². The van der Waals surface area contributed by atoms with Gasteiger partial charge in [0.05, 0.1) is 12.7 Å². The Morgan fingerprint density at radius 2 is 2.22 bits per heavy atom. The summed E-state index contributed by atoms with van der Waals surface area (Å²) in [6.07, 6.45) is 1.84. The molecule has 0 radical (unpaired) electrons. The summed E-state index contributed by atoms with van der Waals surface area (Å²) in [6.45, 7) is 0.610. The van der Waals surface area contributed by atoms with Crippen molar-refractivity contribution < 1.29 is 10.2 Å². The fraction of sp³-hybridized carbons (Fsp3) is 0.538. The van der Waals surface area contributed by atoms with E-state index in [2.05, 4.69) is 5.32 Å². The quantitative estimate of drug-likeness (QED) is 0.672. The zero-order valence-electron chi connectivity index (χ0n) is 10.1. The molecule has 2 rings (SSSR count). The lowest BCUT2D eigenvalue weighted by molar-refractivity contribution is 0.113. The summed E-state index contributed by atoms with van der Waals surface area (Å²) < 4.78 is 0. The molecule has 0 bridgehead atoms. The number of thioether (sulfide) groups is 1. The maximum Gasteiger partial charge on any atom is 0.0864 e. The molecule has 1 unspecified atom stereocenters. The number of hydrogen-bond acceptors (Lipinski definition) is 4. The molecule has 3 nitrogen and oxygen atoms in total. The van der Waals surface area contributed by atoms with Crippen molar-refractivity contribution in [1.29, 1.82) is 0 Å². The first-order valence-electron chi connectivity index (χ1n) is 6.12. The highest BCUT2D eigenvalue weighted by Crippen LogP contribution is 2.27. The molecule has 1 saturated carbocycles. The molecule has 1 aromatic rings. The molecule has 5 heteroatoms. The van der Waals surface area contributed by atoms with Gasteiger partial charge in [0, 0.05) is 28.3 Å². The first kappa shape index (κ1) is 14.2. The maximum atomic E-state index is 9.38. The van der Waals surface area contributed by atoms with Crippen LogP contribution in [-0.4, -0.2) is 34.7 Å². The van der Waals surface area contributed by atoms with E-state index >= 15 is 0 Å². The van der Waals surface area contributed by atoms with Crippen molar-refractivity contribution >= 4 is 23.4 Å². The number of halogens is 1. The van der Waals surface area contributed by atoms with Crippen molar-refractivity contribution in [2.45, 2.75) is 36.4 Å². The summed E-state index contributed by atoms with van der Waals surface area (Å²) in [4.78, 5) is 1.11. The van der Waals surface area contributed by atoms with Crippen LogP contribution in [-0.2, 0) is 6.54 Å². The van der Waals surface area contributed by atoms with Crippen LogP contribution in [0.1, 0.15) is 18.4 Å². The normalized spacial score (nSPS) is 16.8. The zero-order chi connectivity index (χ0) is 13.0. The van der Waals surface area contributed by atoms with Gasteiger partial charge in [-0.1, -0.05) is 11.6 Å². The van der Waals surface area contributed by atoms with Gasteiger partial charge >= 0.3 is 0 Å². The van der Waals surface area contributed by atoms with Gasteiger partial charge in [-0.25, -0.2) is 0 Å². The van der Waals surface area contributed by atoms with E-state index in [-0.39, 0.29) is 6.61 Å². The second-order valence-corrected chi connectivity index (χ2v) is 6.05. The summed E-state index contributed by atoms with van der Waals surface area (Å²) in [7, 11) is 0. The van der Waals surface area contributed by atoms with Crippen molar-refractivity contribution in [3.05, 3.63) is 28.8 Å². The Hall–Kier alpha value is -0.260. The third-order valence-corrected chi connectivity index (χ3v) is 4.32. The predicted octanol–water partition coefficient (Wildman–Crippen LogP) is 2.04. The highest BCUT2D eigenvalue weighted by atomic mass is 35.5.